The maximum absolute atomic E-state index is 13.8. The lowest BCUT2D eigenvalue weighted by Gasteiger charge is -2.44. The number of carbonyl (C=O) groups is 2. The van der Waals surface area contributed by atoms with Gasteiger partial charge in [0, 0.05) is 37.4 Å². The molecule has 1 aliphatic carbocycles. The van der Waals surface area contributed by atoms with Gasteiger partial charge < -0.3 is 19.2 Å². The van der Waals surface area contributed by atoms with Crippen LogP contribution < -0.4 is 4.74 Å². The number of amides is 1. The summed E-state index contributed by atoms with van der Waals surface area (Å²) in [5.74, 6) is -0.351. The number of Topliss-reactive ketones (excluding diaryl/α,β-unsaturated/α-hetero) is 1. The third-order valence-electron chi connectivity index (χ3n) is 8.18. The summed E-state index contributed by atoms with van der Waals surface area (Å²) in [7, 11) is 4.01. The highest BCUT2D eigenvalue weighted by Crippen LogP contribution is 2.42. The van der Waals surface area contributed by atoms with E-state index in [4.69, 9.17) is 0 Å². The number of hydrogen-bond acceptors (Lipinski definition) is 4. The number of aliphatic hydroxyl groups is 1. The zero-order valence-electron chi connectivity index (χ0n) is 21.6. The Bertz CT molecular complexity index is 1060. The molecule has 1 atom stereocenters. The van der Waals surface area contributed by atoms with Gasteiger partial charge in [-0.2, -0.15) is 8.78 Å². The van der Waals surface area contributed by atoms with Crippen LogP contribution in [0.15, 0.2) is 54.6 Å². The van der Waals surface area contributed by atoms with Gasteiger partial charge in [-0.1, -0.05) is 43.2 Å². The monoisotopic (exact) mass is 515 g/mol. The third-order valence-corrected chi connectivity index (χ3v) is 8.18. The van der Waals surface area contributed by atoms with Crippen molar-refractivity contribution in [3.63, 3.8) is 0 Å². The molecule has 6 nitrogen and oxygen atoms in total. The van der Waals surface area contributed by atoms with Gasteiger partial charge in [0.25, 0.3) is 5.91 Å². The Kier molecular flexibility index (Phi) is 8.29. The minimum Gasteiger partial charge on any atom is -0.435 e. The van der Waals surface area contributed by atoms with Gasteiger partial charge in [-0.3, -0.25) is 9.59 Å². The molecule has 2 aromatic carbocycles. The van der Waals surface area contributed by atoms with E-state index >= 15 is 0 Å². The van der Waals surface area contributed by atoms with E-state index in [1.165, 1.54) is 24.3 Å². The highest BCUT2D eigenvalue weighted by molar-refractivity contribution is 5.97. The molecular formula is C29H37F2N2O4+. The van der Waals surface area contributed by atoms with Gasteiger partial charge in [0.15, 0.2) is 5.60 Å². The lowest BCUT2D eigenvalue weighted by molar-refractivity contribution is -0.908. The summed E-state index contributed by atoms with van der Waals surface area (Å²) in [6, 6.07) is 15.3. The number of likely N-dealkylation sites (tertiary alicyclic amines) is 1. The van der Waals surface area contributed by atoms with Crippen molar-refractivity contribution < 1.29 is 32.7 Å². The normalized spacial score (nSPS) is 19.1. The zero-order chi connectivity index (χ0) is 26.6. The SMILES string of the molecule is C[N+](C)(CC(=O)c1ccc(OC(F)F)cc1)C1CCN(C(=O)C(O)(c2ccccc2)C2CCCC2)CC1. The lowest BCUT2D eigenvalue weighted by Crippen LogP contribution is -2.59. The molecule has 0 spiro atoms. The molecule has 1 saturated heterocycles. The summed E-state index contributed by atoms with van der Waals surface area (Å²) in [4.78, 5) is 28.5. The highest BCUT2D eigenvalue weighted by atomic mass is 19.3. The molecule has 0 aromatic heterocycles. The topological polar surface area (TPSA) is 66.8 Å². The first-order chi connectivity index (χ1) is 17.6. The number of quaternary nitrogens is 1. The van der Waals surface area contributed by atoms with Crippen molar-refractivity contribution in [2.24, 2.45) is 5.92 Å². The summed E-state index contributed by atoms with van der Waals surface area (Å²) in [6.45, 7) is -1.59. The Morgan fingerprint density at radius 3 is 2.16 bits per heavy atom. The average molecular weight is 516 g/mol. The van der Waals surface area contributed by atoms with Crippen LogP contribution in [0, 0.1) is 5.92 Å². The Hall–Kier alpha value is -2.84. The van der Waals surface area contributed by atoms with Crippen molar-refractivity contribution in [2.45, 2.75) is 56.8 Å². The Labute approximate surface area is 217 Å². The van der Waals surface area contributed by atoms with E-state index in [0.29, 0.717) is 28.7 Å². The fourth-order valence-electron chi connectivity index (χ4n) is 5.99. The number of carbonyl (C=O) groups excluding carboxylic acids is 2. The number of ether oxygens (including phenoxy) is 1. The van der Waals surface area contributed by atoms with E-state index in [1.54, 1.807) is 4.90 Å². The number of alkyl halides is 2. The van der Waals surface area contributed by atoms with E-state index in [-0.39, 0.29) is 35.9 Å². The van der Waals surface area contributed by atoms with Crippen molar-refractivity contribution in [1.82, 2.24) is 4.90 Å². The van der Waals surface area contributed by atoms with Crippen LogP contribution in [0.25, 0.3) is 0 Å². The second kappa shape index (κ2) is 11.3. The van der Waals surface area contributed by atoms with Crippen LogP contribution in [0.4, 0.5) is 8.78 Å². The maximum atomic E-state index is 13.8. The van der Waals surface area contributed by atoms with Gasteiger partial charge >= 0.3 is 6.61 Å². The second-order valence-corrected chi connectivity index (χ2v) is 10.9. The Balaban J connectivity index is 1.39. The Morgan fingerprint density at radius 1 is 1.00 bits per heavy atom. The van der Waals surface area contributed by atoms with Crippen molar-refractivity contribution >= 4 is 11.7 Å². The molecule has 1 unspecified atom stereocenters. The number of hydrogen-bond donors (Lipinski definition) is 1. The smallest absolute Gasteiger partial charge is 0.387 e. The quantitative estimate of drug-likeness (QED) is 0.391. The lowest BCUT2D eigenvalue weighted by atomic mass is 9.78. The zero-order valence-corrected chi connectivity index (χ0v) is 21.6. The predicted octanol–water partition coefficient (Wildman–Crippen LogP) is 4.62. The first-order valence-corrected chi connectivity index (χ1v) is 13.1. The number of nitrogens with zero attached hydrogens (tertiary/aromatic N) is 2. The second-order valence-electron chi connectivity index (χ2n) is 10.9. The van der Waals surface area contributed by atoms with Gasteiger partial charge in [-0.25, -0.2) is 0 Å². The minimum atomic E-state index is -2.91. The number of rotatable bonds is 9. The van der Waals surface area contributed by atoms with Crippen LogP contribution in [0.3, 0.4) is 0 Å². The van der Waals surface area contributed by atoms with Gasteiger partial charge in [0.2, 0.25) is 5.78 Å². The van der Waals surface area contributed by atoms with E-state index in [2.05, 4.69) is 4.74 Å². The van der Waals surface area contributed by atoms with Crippen LogP contribution in [0.5, 0.6) is 5.75 Å². The molecule has 2 fully saturated rings. The van der Waals surface area contributed by atoms with E-state index in [9.17, 15) is 23.5 Å². The summed E-state index contributed by atoms with van der Waals surface area (Å²) >= 11 is 0. The fraction of sp³-hybridized carbons (Fsp3) is 0.517. The first-order valence-electron chi connectivity index (χ1n) is 13.1. The molecule has 2 aromatic rings. The molecule has 1 aliphatic heterocycles. The number of piperidine rings is 1. The van der Waals surface area contributed by atoms with Gasteiger partial charge in [-0.05, 0) is 42.7 Å². The molecule has 1 saturated carbocycles. The Morgan fingerprint density at radius 2 is 1.59 bits per heavy atom. The molecular weight excluding hydrogens is 478 g/mol. The third kappa shape index (κ3) is 6.02. The van der Waals surface area contributed by atoms with Crippen LogP contribution in [-0.4, -0.2) is 72.6 Å². The van der Waals surface area contributed by atoms with Gasteiger partial charge in [0.05, 0.1) is 20.1 Å². The van der Waals surface area contributed by atoms with Crippen LogP contribution in [0.1, 0.15) is 54.4 Å². The highest BCUT2D eigenvalue weighted by Gasteiger charge is 2.49. The molecule has 8 heteroatoms. The molecule has 0 bridgehead atoms. The van der Waals surface area contributed by atoms with E-state index in [1.807, 2.05) is 44.4 Å². The maximum Gasteiger partial charge on any atom is 0.387 e. The number of ketones is 1. The minimum absolute atomic E-state index is 0.0189. The number of halogens is 2. The van der Waals surface area contributed by atoms with Gasteiger partial charge in [-0.15, -0.1) is 0 Å². The summed E-state index contributed by atoms with van der Waals surface area (Å²) in [6.07, 6.45) is 5.18. The van der Waals surface area contributed by atoms with E-state index < -0.39 is 12.2 Å². The standard InChI is InChI=1S/C29H37F2N2O4/c1-33(2,20-26(34)21-12-14-25(15-13-21)37-28(30)31)24-16-18-32(19-17-24)27(35)29(36,23-10-6-7-11-23)22-8-4-3-5-9-22/h3-5,8-9,12-15,23-24,28,36H,6-7,10-11,16-20H2,1-2H3/q+1. The fourth-order valence-corrected chi connectivity index (χ4v) is 5.99. The average Bonchev–Trinajstić information content (AvgIpc) is 3.44. The molecule has 2 aliphatic rings. The van der Waals surface area contributed by atoms with Gasteiger partial charge in [0.1, 0.15) is 12.3 Å². The van der Waals surface area contributed by atoms with Crippen molar-refractivity contribution in [1.29, 1.82) is 0 Å². The van der Waals surface area contributed by atoms with Crippen molar-refractivity contribution in [3.05, 3.63) is 65.7 Å². The molecule has 1 amide bonds. The van der Waals surface area contributed by atoms with Crippen molar-refractivity contribution in [2.75, 3.05) is 33.7 Å². The largest absolute Gasteiger partial charge is 0.435 e. The molecule has 1 heterocycles. The van der Waals surface area contributed by atoms with E-state index in [0.717, 1.165) is 38.5 Å². The molecule has 200 valence electrons. The summed E-state index contributed by atoms with van der Waals surface area (Å²) in [5, 5.41) is 11.9. The molecule has 37 heavy (non-hydrogen) atoms. The first kappa shape index (κ1) is 27.2. The van der Waals surface area contributed by atoms with Crippen LogP contribution in [0.2, 0.25) is 0 Å². The molecule has 1 N–H and O–H groups in total. The number of likely N-dealkylation sites (N-methyl/N-ethyl adjacent to an activating group) is 1. The predicted molar refractivity (Wildman–Crippen MR) is 136 cm³/mol. The van der Waals surface area contributed by atoms with Crippen molar-refractivity contribution in [3.8, 4) is 5.75 Å². The molecule has 0 radical (unpaired) electrons. The number of benzene rings is 2. The summed E-state index contributed by atoms with van der Waals surface area (Å²) in [5.41, 5.74) is -0.392. The van der Waals surface area contributed by atoms with Crippen LogP contribution in [-0.2, 0) is 10.4 Å². The summed E-state index contributed by atoms with van der Waals surface area (Å²) < 4.78 is 29.6. The van der Waals surface area contributed by atoms with Crippen LogP contribution >= 0.6 is 0 Å². The molecule has 4 rings (SSSR count).